The van der Waals surface area contributed by atoms with E-state index in [1.807, 2.05) is 56.0 Å². The number of hydrogen-bond donors (Lipinski definition) is 0. The highest BCUT2D eigenvalue weighted by Gasteiger charge is 2.37. The van der Waals surface area contributed by atoms with E-state index in [4.69, 9.17) is 19.4 Å². The first-order valence-electron chi connectivity index (χ1n) is 13.8. The van der Waals surface area contributed by atoms with E-state index in [1.54, 1.807) is 17.9 Å². The van der Waals surface area contributed by atoms with Gasteiger partial charge in [-0.3, -0.25) is 4.68 Å². The Morgan fingerprint density at radius 2 is 1.88 bits per heavy atom. The van der Waals surface area contributed by atoms with Crippen LogP contribution in [0.1, 0.15) is 40.0 Å². The van der Waals surface area contributed by atoms with E-state index in [0.29, 0.717) is 34.6 Å². The molecule has 10 heteroatoms. The zero-order valence-electron chi connectivity index (χ0n) is 23.6. The summed E-state index contributed by atoms with van der Waals surface area (Å²) in [6, 6.07) is 9.57. The molecule has 2 aliphatic rings. The van der Waals surface area contributed by atoms with Crippen LogP contribution in [0.15, 0.2) is 36.5 Å². The fourth-order valence-electron chi connectivity index (χ4n) is 5.42. The Morgan fingerprint density at radius 1 is 1.12 bits per heavy atom. The number of carbonyl (C=O) groups is 1. The van der Waals surface area contributed by atoms with Gasteiger partial charge in [0.2, 0.25) is 0 Å². The minimum atomic E-state index is -0.525. The van der Waals surface area contributed by atoms with Crippen molar-refractivity contribution >= 4 is 33.8 Å². The summed E-state index contributed by atoms with van der Waals surface area (Å²) in [4.78, 5) is 26.9. The van der Waals surface area contributed by atoms with Gasteiger partial charge >= 0.3 is 6.09 Å². The van der Waals surface area contributed by atoms with E-state index >= 15 is 4.39 Å². The first kappa shape index (κ1) is 26.3. The Hall–Kier alpha value is -3.95. The fourth-order valence-corrected chi connectivity index (χ4v) is 5.42. The van der Waals surface area contributed by atoms with E-state index < -0.39 is 11.4 Å². The molecule has 0 N–H and O–H groups in total. The SMILES string of the molecule is COc1c(-c2ccc3nc(N4CCC(N(CC5CC5)C(=O)OC(C)(C)C)C4)ccc3n2)cc2cn(C)nc2c1F. The third kappa shape index (κ3) is 5.14. The van der Waals surface area contributed by atoms with Crippen LogP contribution >= 0.6 is 0 Å². The normalized spacial score (nSPS) is 17.6. The minimum absolute atomic E-state index is 0.0817. The Morgan fingerprint density at radius 3 is 2.60 bits per heavy atom. The van der Waals surface area contributed by atoms with E-state index in [2.05, 4.69) is 10.00 Å². The molecule has 0 spiro atoms. The summed E-state index contributed by atoms with van der Waals surface area (Å²) < 4.78 is 27.9. The van der Waals surface area contributed by atoms with Crippen molar-refractivity contribution in [3.63, 3.8) is 0 Å². The number of anilines is 1. The van der Waals surface area contributed by atoms with Crippen LogP contribution in [-0.2, 0) is 11.8 Å². The second kappa shape index (κ2) is 9.91. The maximum absolute atomic E-state index is 15.2. The van der Waals surface area contributed by atoms with Gasteiger partial charge in [0, 0.05) is 43.8 Å². The van der Waals surface area contributed by atoms with Gasteiger partial charge in [0.1, 0.15) is 16.9 Å². The molecular formula is C30H35FN6O3. The zero-order valence-corrected chi connectivity index (χ0v) is 23.6. The van der Waals surface area contributed by atoms with Crippen LogP contribution in [0.5, 0.6) is 5.75 Å². The van der Waals surface area contributed by atoms with Crippen molar-refractivity contribution in [1.29, 1.82) is 0 Å². The molecule has 3 aromatic heterocycles. The lowest BCUT2D eigenvalue weighted by Gasteiger charge is -2.32. The molecule has 1 atom stereocenters. The molecule has 1 amide bonds. The second-order valence-corrected chi connectivity index (χ2v) is 11.9. The maximum atomic E-state index is 15.2. The highest BCUT2D eigenvalue weighted by atomic mass is 19.1. The molecule has 4 heterocycles. The number of ether oxygens (including phenoxy) is 2. The number of fused-ring (bicyclic) bond motifs is 2. The van der Waals surface area contributed by atoms with E-state index in [1.165, 1.54) is 20.0 Å². The summed E-state index contributed by atoms with van der Waals surface area (Å²) in [6.45, 7) is 7.98. The third-order valence-corrected chi connectivity index (χ3v) is 7.52. The number of carbonyl (C=O) groups excluding carboxylic acids is 1. The molecule has 0 bridgehead atoms. The van der Waals surface area contributed by atoms with Gasteiger partial charge in [0.25, 0.3) is 0 Å². The molecule has 9 nitrogen and oxygen atoms in total. The predicted octanol–water partition coefficient (Wildman–Crippen LogP) is 5.56. The lowest BCUT2D eigenvalue weighted by molar-refractivity contribution is 0.0167. The number of methoxy groups -OCH3 is 1. The summed E-state index contributed by atoms with van der Waals surface area (Å²) in [6.07, 6.45) is 4.75. The van der Waals surface area contributed by atoms with Crippen LogP contribution in [0.25, 0.3) is 33.2 Å². The molecule has 1 saturated carbocycles. The smallest absolute Gasteiger partial charge is 0.410 e. The summed E-state index contributed by atoms with van der Waals surface area (Å²) in [7, 11) is 3.21. The monoisotopic (exact) mass is 546 g/mol. The van der Waals surface area contributed by atoms with E-state index in [0.717, 1.165) is 30.8 Å². The maximum Gasteiger partial charge on any atom is 0.410 e. The Kier molecular flexibility index (Phi) is 6.51. The molecular weight excluding hydrogens is 511 g/mol. The van der Waals surface area contributed by atoms with Gasteiger partial charge in [-0.25, -0.2) is 19.2 Å². The molecule has 1 saturated heterocycles. The largest absolute Gasteiger partial charge is 0.493 e. The lowest BCUT2D eigenvalue weighted by atomic mass is 10.1. The van der Waals surface area contributed by atoms with Gasteiger partial charge in [-0.15, -0.1) is 0 Å². The van der Waals surface area contributed by atoms with Crippen molar-refractivity contribution in [1.82, 2.24) is 24.6 Å². The summed E-state index contributed by atoms with van der Waals surface area (Å²) in [5, 5.41) is 4.89. The van der Waals surface area contributed by atoms with Gasteiger partial charge in [-0.05, 0) is 76.3 Å². The van der Waals surface area contributed by atoms with Gasteiger partial charge in [0.15, 0.2) is 11.6 Å². The zero-order chi connectivity index (χ0) is 28.2. The predicted molar refractivity (Wildman–Crippen MR) is 152 cm³/mol. The molecule has 4 aromatic rings. The minimum Gasteiger partial charge on any atom is -0.493 e. The van der Waals surface area contributed by atoms with Crippen LogP contribution in [0.4, 0.5) is 15.0 Å². The Labute approximate surface area is 232 Å². The standard InChI is InChI=1S/C30H35FN6O3/c1-30(2,3)40-29(38)37(15-18-6-7-18)20-12-13-36(17-20)25-11-10-23-24(33-25)9-8-22(32-23)21-14-19-16-35(4)34-27(19)26(31)28(21)39-5/h8-11,14,16,18,20H,6-7,12-13,15,17H2,1-5H3. The Balaban J connectivity index is 1.24. The Bertz CT molecular complexity index is 1590. The van der Waals surface area contributed by atoms with Crippen LogP contribution in [0.2, 0.25) is 0 Å². The number of pyridine rings is 2. The summed E-state index contributed by atoms with van der Waals surface area (Å²) in [5.41, 5.74) is 2.34. The number of halogens is 1. The first-order valence-corrected chi connectivity index (χ1v) is 13.8. The van der Waals surface area contributed by atoms with Gasteiger partial charge in [-0.1, -0.05) is 0 Å². The molecule has 40 heavy (non-hydrogen) atoms. The first-order chi connectivity index (χ1) is 19.1. The van der Waals surface area contributed by atoms with Crippen LogP contribution in [0, 0.1) is 11.7 Å². The summed E-state index contributed by atoms with van der Waals surface area (Å²) >= 11 is 0. The molecule has 1 aliphatic carbocycles. The average Bonchev–Trinajstić information content (AvgIpc) is 3.45. The van der Waals surface area contributed by atoms with Crippen molar-refractivity contribution in [2.45, 2.75) is 51.7 Å². The molecule has 1 aliphatic heterocycles. The molecule has 210 valence electrons. The lowest BCUT2D eigenvalue weighted by Crippen LogP contribution is -2.45. The van der Waals surface area contributed by atoms with E-state index in [-0.39, 0.29) is 23.4 Å². The fraction of sp³-hybridized carbons (Fsp3) is 0.467. The second-order valence-electron chi connectivity index (χ2n) is 11.9. The summed E-state index contributed by atoms with van der Waals surface area (Å²) in [5.74, 6) is 1.04. The van der Waals surface area contributed by atoms with Crippen molar-refractivity contribution in [2.24, 2.45) is 13.0 Å². The van der Waals surface area contributed by atoms with Crippen molar-refractivity contribution in [2.75, 3.05) is 31.6 Å². The highest BCUT2D eigenvalue weighted by Crippen LogP contribution is 2.37. The van der Waals surface area contributed by atoms with Gasteiger partial charge in [0.05, 0.1) is 29.9 Å². The number of aryl methyl sites for hydroxylation is 1. The molecule has 1 unspecified atom stereocenters. The van der Waals surface area contributed by atoms with Crippen molar-refractivity contribution < 1.29 is 18.7 Å². The van der Waals surface area contributed by atoms with Crippen molar-refractivity contribution in [3.8, 4) is 17.0 Å². The molecule has 0 radical (unpaired) electrons. The topological polar surface area (TPSA) is 85.6 Å². The number of hydrogen-bond acceptors (Lipinski definition) is 7. The quantitative estimate of drug-likeness (QED) is 0.313. The van der Waals surface area contributed by atoms with Gasteiger partial charge < -0.3 is 19.3 Å². The molecule has 1 aromatic carbocycles. The third-order valence-electron chi connectivity index (χ3n) is 7.52. The van der Waals surface area contributed by atoms with Crippen LogP contribution in [-0.4, -0.2) is 69.1 Å². The van der Waals surface area contributed by atoms with Crippen LogP contribution in [0.3, 0.4) is 0 Å². The number of amides is 1. The molecule has 2 fully saturated rings. The average molecular weight is 547 g/mol. The van der Waals surface area contributed by atoms with Gasteiger partial charge in [-0.2, -0.15) is 5.10 Å². The number of benzene rings is 1. The van der Waals surface area contributed by atoms with Crippen molar-refractivity contribution in [3.05, 3.63) is 42.3 Å². The number of aromatic nitrogens is 4. The number of rotatable bonds is 6. The van der Waals surface area contributed by atoms with Crippen LogP contribution < -0.4 is 9.64 Å². The highest BCUT2D eigenvalue weighted by molar-refractivity contribution is 5.89. The molecule has 6 rings (SSSR count). The van der Waals surface area contributed by atoms with E-state index in [9.17, 15) is 4.79 Å². The number of nitrogens with zero attached hydrogens (tertiary/aromatic N) is 6.